The van der Waals surface area contributed by atoms with Crippen LogP contribution in [0.25, 0.3) is 0 Å². The molecule has 0 aliphatic heterocycles. The number of hydrogen-bond donors (Lipinski definition) is 2. The zero-order chi connectivity index (χ0) is 18.4. The van der Waals surface area contributed by atoms with Crippen molar-refractivity contribution in [1.82, 2.24) is 10.6 Å². The monoisotopic (exact) mass is 367 g/mol. The van der Waals surface area contributed by atoms with Gasteiger partial charge < -0.3 is 15.1 Å². The Morgan fingerprint density at radius 3 is 2.60 bits per heavy atom. The lowest BCUT2D eigenvalue weighted by molar-refractivity contribution is 0.441. The lowest BCUT2D eigenvalue weighted by atomic mass is 10.2. The van der Waals surface area contributed by atoms with Crippen molar-refractivity contribution in [3.63, 3.8) is 0 Å². The highest BCUT2D eigenvalue weighted by Crippen LogP contribution is 2.16. The van der Waals surface area contributed by atoms with Crippen molar-refractivity contribution in [3.05, 3.63) is 53.7 Å². The van der Waals surface area contributed by atoms with E-state index in [2.05, 4.69) is 15.6 Å². The molecule has 0 saturated heterocycles. The number of benzene rings is 1. The number of rotatable bonds is 6. The maximum atomic E-state index is 13.7. The van der Waals surface area contributed by atoms with Gasteiger partial charge in [0.05, 0.1) is 11.8 Å². The molecule has 0 spiro atoms. The van der Waals surface area contributed by atoms with Crippen LogP contribution in [0.2, 0.25) is 0 Å². The Morgan fingerprint density at radius 2 is 2.00 bits per heavy atom. The Morgan fingerprint density at radius 1 is 1.28 bits per heavy atom. The van der Waals surface area contributed by atoms with E-state index in [1.807, 2.05) is 26.0 Å². The van der Waals surface area contributed by atoms with Crippen LogP contribution in [0.15, 0.2) is 50.7 Å². The van der Waals surface area contributed by atoms with Crippen LogP contribution < -0.4 is 10.6 Å². The smallest absolute Gasteiger partial charge is 0.191 e. The fourth-order valence-electron chi connectivity index (χ4n) is 2.27. The van der Waals surface area contributed by atoms with Gasteiger partial charge in [0.2, 0.25) is 0 Å². The topological polar surface area (TPSA) is 83.7 Å². The van der Waals surface area contributed by atoms with Crippen molar-refractivity contribution in [2.24, 2.45) is 4.99 Å². The number of hydrogen-bond acceptors (Lipinski definition) is 4. The van der Waals surface area contributed by atoms with Gasteiger partial charge >= 0.3 is 0 Å². The molecule has 2 rings (SSSR count). The second-order valence-corrected chi connectivity index (χ2v) is 7.64. The van der Waals surface area contributed by atoms with Crippen molar-refractivity contribution in [2.75, 3.05) is 19.3 Å². The minimum Gasteiger partial charge on any atom is -0.464 e. The molecule has 0 aliphatic carbocycles. The molecule has 136 valence electrons. The number of aliphatic imine (C=N–C) groups is 1. The summed E-state index contributed by atoms with van der Waals surface area (Å²) < 4.78 is 43.6. The van der Waals surface area contributed by atoms with Crippen LogP contribution in [-0.2, 0) is 9.84 Å². The Labute approximate surface area is 147 Å². The van der Waals surface area contributed by atoms with E-state index in [1.165, 1.54) is 18.2 Å². The number of nitrogens with one attached hydrogen (secondary N) is 2. The normalized spacial score (nSPS) is 13.5. The van der Waals surface area contributed by atoms with Gasteiger partial charge in [0, 0.05) is 13.6 Å². The molecule has 8 heteroatoms. The first-order valence-corrected chi connectivity index (χ1v) is 9.49. The SMILES string of the molecule is CN=C(NCCS(=O)(=O)c1ccccc1F)NC(C)c1ccc(C)o1. The summed E-state index contributed by atoms with van der Waals surface area (Å²) in [6.45, 7) is 3.86. The summed E-state index contributed by atoms with van der Waals surface area (Å²) in [6, 6.07) is 8.94. The summed E-state index contributed by atoms with van der Waals surface area (Å²) in [7, 11) is -2.13. The molecule has 0 bridgehead atoms. The van der Waals surface area contributed by atoms with Crippen LogP contribution >= 0.6 is 0 Å². The highest BCUT2D eigenvalue weighted by Gasteiger charge is 2.19. The Hall–Kier alpha value is -2.35. The fourth-order valence-corrected chi connectivity index (χ4v) is 3.51. The Balaban J connectivity index is 1.92. The molecular formula is C17H22FN3O3S. The third kappa shape index (κ3) is 5.06. The largest absolute Gasteiger partial charge is 0.464 e. The Kier molecular flexibility index (Phi) is 6.19. The molecule has 0 fully saturated rings. The minimum atomic E-state index is -3.71. The predicted molar refractivity (Wildman–Crippen MR) is 94.8 cm³/mol. The van der Waals surface area contributed by atoms with Crippen molar-refractivity contribution >= 4 is 15.8 Å². The van der Waals surface area contributed by atoms with Crippen LogP contribution in [-0.4, -0.2) is 33.7 Å². The predicted octanol–water partition coefficient (Wildman–Crippen LogP) is 2.43. The molecule has 6 nitrogen and oxygen atoms in total. The third-order valence-electron chi connectivity index (χ3n) is 3.60. The minimum absolute atomic E-state index is 0.0975. The van der Waals surface area contributed by atoms with Gasteiger partial charge in [-0.25, -0.2) is 12.8 Å². The summed E-state index contributed by atoms with van der Waals surface area (Å²) >= 11 is 0. The van der Waals surface area contributed by atoms with E-state index in [1.54, 1.807) is 7.05 Å². The maximum absolute atomic E-state index is 13.7. The van der Waals surface area contributed by atoms with Gasteiger partial charge in [-0.15, -0.1) is 0 Å². The van der Waals surface area contributed by atoms with E-state index in [4.69, 9.17) is 4.42 Å². The molecule has 2 N–H and O–H groups in total. The molecule has 0 saturated carbocycles. The van der Waals surface area contributed by atoms with Crippen molar-refractivity contribution in [2.45, 2.75) is 24.8 Å². The second kappa shape index (κ2) is 8.15. The van der Waals surface area contributed by atoms with Crippen LogP contribution in [0.4, 0.5) is 4.39 Å². The van der Waals surface area contributed by atoms with Crippen LogP contribution in [0.1, 0.15) is 24.5 Å². The van der Waals surface area contributed by atoms with Gasteiger partial charge in [-0.3, -0.25) is 4.99 Å². The number of furan rings is 1. The third-order valence-corrected chi connectivity index (χ3v) is 5.34. The lowest BCUT2D eigenvalue weighted by Gasteiger charge is -2.16. The van der Waals surface area contributed by atoms with Gasteiger partial charge in [-0.1, -0.05) is 12.1 Å². The van der Waals surface area contributed by atoms with E-state index in [0.717, 1.165) is 17.6 Å². The molecule has 1 aromatic heterocycles. The lowest BCUT2D eigenvalue weighted by Crippen LogP contribution is -2.40. The van der Waals surface area contributed by atoms with E-state index >= 15 is 0 Å². The standard InChI is InChI=1S/C17H22FN3O3S/c1-12-8-9-15(24-12)13(2)21-17(19-3)20-10-11-25(22,23)16-7-5-4-6-14(16)18/h4-9,13H,10-11H2,1-3H3,(H2,19,20,21). The average molecular weight is 367 g/mol. The molecule has 1 aromatic carbocycles. The first kappa shape index (κ1) is 19.0. The van der Waals surface area contributed by atoms with Gasteiger partial charge in [0.25, 0.3) is 0 Å². The molecular weight excluding hydrogens is 345 g/mol. The molecule has 1 heterocycles. The highest BCUT2D eigenvalue weighted by atomic mass is 32.2. The first-order valence-electron chi connectivity index (χ1n) is 7.84. The first-order chi connectivity index (χ1) is 11.8. The quantitative estimate of drug-likeness (QED) is 0.605. The zero-order valence-corrected chi connectivity index (χ0v) is 15.2. The number of halogens is 1. The van der Waals surface area contributed by atoms with Crippen molar-refractivity contribution in [3.8, 4) is 0 Å². The van der Waals surface area contributed by atoms with E-state index in [9.17, 15) is 12.8 Å². The van der Waals surface area contributed by atoms with Gasteiger partial charge in [0.15, 0.2) is 15.8 Å². The summed E-state index contributed by atoms with van der Waals surface area (Å²) in [5.41, 5.74) is 0. The summed E-state index contributed by atoms with van der Waals surface area (Å²) in [4.78, 5) is 3.76. The molecule has 2 aromatic rings. The molecule has 1 atom stereocenters. The van der Waals surface area contributed by atoms with E-state index < -0.39 is 15.7 Å². The number of aryl methyl sites for hydroxylation is 1. The summed E-state index contributed by atoms with van der Waals surface area (Å²) in [5.74, 6) is 1.00. The van der Waals surface area contributed by atoms with Crippen LogP contribution in [0, 0.1) is 12.7 Å². The van der Waals surface area contributed by atoms with Crippen LogP contribution in [0.3, 0.4) is 0 Å². The fraction of sp³-hybridized carbons (Fsp3) is 0.353. The van der Waals surface area contributed by atoms with Gasteiger partial charge in [-0.05, 0) is 38.1 Å². The second-order valence-electron chi connectivity index (χ2n) is 5.56. The molecule has 0 aliphatic rings. The average Bonchev–Trinajstić information content (AvgIpc) is 3.00. The maximum Gasteiger partial charge on any atom is 0.191 e. The number of nitrogens with zero attached hydrogens (tertiary/aromatic N) is 1. The zero-order valence-electron chi connectivity index (χ0n) is 14.4. The Bertz CT molecular complexity index is 846. The number of guanidine groups is 1. The number of sulfone groups is 1. The van der Waals surface area contributed by atoms with E-state index in [-0.39, 0.29) is 23.2 Å². The highest BCUT2D eigenvalue weighted by molar-refractivity contribution is 7.91. The van der Waals surface area contributed by atoms with Gasteiger partial charge in [-0.2, -0.15) is 0 Å². The van der Waals surface area contributed by atoms with Crippen molar-refractivity contribution < 1.29 is 17.2 Å². The molecule has 25 heavy (non-hydrogen) atoms. The molecule has 0 amide bonds. The van der Waals surface area contributed by atoms with Crippen LogP contribution in [0.5, 0.6) is 0 Å². The van der Waals surface area contributed by atoms with Gasteiger partial charge in [0.1, 0.15) is 22.2 Å². The summed E-state index contributed by atoms with van der Waals surface area (Å²) in [5, 5.41) is 6.03. The summed E-state index contributed by atoms with van der Waals surface area (Å²) in [6.07, 6.45) is 0. The molecule has 0 radical (unpaired) electrons. The molecule has 1 unspecified atom stereocenters. The van der Waals surface area contributed by atoms with E-state index in [0.29, 0.717) is 5.96 Å². The van der Waals surface area contributed by atoms with Crippen molar-refractivity contribution in [1.29, 1.82) is 0 Å².